The first-order chi connectivity index (χ1) is 10.7. The maximum atomic E-state index is 8.70. The summed E-state index contributed by atoms with van der Waals surface area (Å²) in [6, 6.07) is 8.76. The van der Waals surface area contributed by atoms with Gasteiger partial charge in [-0.05, 0) is 23.8 Å². The van der Waals surface area contributed by atoms with Gasteiger partial charge in [0.2, 0.25) is 11.6 Å². The van der Waals surface area contributed by atoms with E-state index < -0.39 is 0 Å². The van der Waals surface area contributed by atoms with Crippen LogP contribution in [0.1, 0.15) is 11.1 Å². The van der Waals surface area contributed by atoms with Gasteiger partial charge in [0.15, 0.2) is 11.5 Å². The number of benzene rings is 1. The molecule has 6 nitrogen and oxygen atoms in total. The Morgan fingerprint density at radius 2 is 1.77 bits per heavy atom. The van der Waals surface area contributed by atoms with Gasteiger partial charge in [0.1, 0.15) is 18.9 Å². The zero-order chi connectivity index (χ0) is 15.9. The van der Waals surface area contributed by atoms with Crippen LogP contribution in [-0.2, 0) is 6.61 Å². The molecule has 2 aromatic rings. The maximum Gasteiger partial charge on any atom is 0.214 e. The lowest BCUT2D eigenvalue weighted by molar-refractivity contribution is 0.288. The van der Waals surface area contributed by atoms with Gasteiger partial charge in [0.25, 0.3) is 0 Å². The Labute approximate surface area is 128 Å². The number of hydrogen-bond donors (Lipinski definition) is 0. The normalized spacial score (nSPS) is 9.73. The molecule has 1 heterocycles. The molecule has 1 aromatic carbocycles. The van der Waals surface area contributed by atoms with Crippen LogP contribution in [0.5, 0.6) is 23.1 Å². The van der Waals surface area contributed by atoms with Gasteiger partial charge in [-0.3, -0.25) is 0 Å². The molecule has 2 rings (SSSR count). The molecule has 0 N–H and O–H groups in total. The van der Waals surface area contributed by atoms with E-state index in [9.17, 15) is 0 Å². The molecule has 0 aliphatic rings. The maximum absolute atomic E-state index is 8.70. The van der Waals surface area contributed by atoms with E-state index in [0.717, 1.165) is 5.56 Å². The van der Waals surface area contributed by atoms with Gasteiger partial charge in [-0.15, -0.1) is 0 Å². The second kappa shape index (κ2) is 7.18. The van der Waals surface area contributed by atoms with Gasteiger partial charge in [0, 0.05) is 6.07 Å². The average molecular weight is 299 g/mol. The number of ether oxygens (including phenoxy) is 4. The summed E-state index contributed by atoms with van der Waals surface area (Å²) in [5, 5.41) is 8.70. The predicted octanol–water partition coefficient (Wildman–Crippen LogP) is 2.36. The summed E-state index contributed by atoms with van der Waals surface area (Å²) in [7, 11) is 4.66. The third-order valence-corrected chi connectivity index (χ3v) is 2.91. The van der Waals surface area contributed by atoms with Crippen molar-refractivity contribution in [3.8, 4) is 29.2 Å². The minimum absolute atomic E-state index is 0.267. The summed E-state index contributed by atoms with van der Waals surface area (Å²) in [6.45, 7) is 0.267. The van der Waals surface area contributed by atoms with Crippen LogP contribution in [0.25, 0.3) is 0 Å². The summed E-state index contributed by atoms with van der Waals surface area (Å²) in [5.41, 5.74) is 1.20. The van der Waals surface area contributed by atoms with Crippen molar-refractivity contribution in [2.24, 2.45) is 0 Å². The lowest BCUT2D eigenvalue weighted by Gasteiger charge is -2.14. The first-order valence-electron chi connectivity index (χ1n) is 6.42. The van der Waals surface area contributed by atoms with E-state index in [1.165, 1.54) is 0 Å². The fourth-order valence-electron chi connectivity index (χ4n) is 1.86. The van der Waals surface area contributed by atoms with Gasteiger partial charge >= 0.3 is 0 Å². The molecular formula is C16H15N2O4. The Balaban J connectivity index is 2.16. The minimum atomic E-state index is 0.267. The molecule has 1 aromatic heterocycles. The Morgan fingerprint density at radius 3 is 2.23 bits per heavy atom. The zero-order valence-electron chi connectivity index (χ0n) is 12.5. The van der Waals surface area contributed by atoms with Crippen LogP contribution in [0, 0.1) is 17.5 Å². The first kappa shape index (κ1) is 15.4. The molecule has 0 saturated heterocycles. The highest BCUT2D eigenvalue weighted by Gasteiger charge is 2.13. The highest BCUT2D eigenvalue weighted by Crippen LogP contribution is 2.38. The first-order valence-corrected chi connectivity index (χ1v) is 6.42. The second-order valence-electron chi connectivity index (χ2n) is 4.24. The van der Waals surface area contributed by atoms with Crippen molar-refractivity contribution < 1.29 is 18.9 Å². The van der Waals surface area contributed by atoms with Crippen LogP contribution in [0.3, 0.4) is 0 Å². The number of pyridine rings is 1. The molecule has 0 saturated carbocycles. The SMILES string of the molecule is COc1cc(COc2ccc(C#N)[c]n2)cc(OC)c1OC. The van der Waals surface area contributed by atoms with E-state index in [0.29, 0.717) is 28.7 Å². The summed E-state index contributed by atoms with van der Waals surface area (Å²) in [6.07, 6.45) is 2.58. The van der Waals surface area contributed by atoms with Crippen molar-refractivity contribution >= 4 is 0 Å². The van der Waals surface area contributed by atoms with Crippen molar-refractivity contribution in [1.82, 2.24) is 4.98 Å². The standard InChI is InChI=1S/C16H15N2O4/c1-19-13-6-12(7-14(20-2)16(13)21-3)10-22-15-5-4-11(8-17)9-18-15/h4-7H,10H2,1-3H3. The summed E-state index contributed by atoms with van der Waals surface area (Å²) in [4.78, 5) is 3.93. The van der Waals surface area contributed by atoms with E-state index in [2.05, 4.69) is 11.2 Å². The Hall–Kier alpha value is -2.94. The van der Waals surface area contributed by atoms with Gasteiger partial charge < -0.3 is 18.9 Å². The van der Waals surface area contributed by atoms with Crippen molar-refractivity contribution in [3.63, 3.8) is 0 Å². The van der Waals surface area contributed by atoms with Gasteiger partial charge in [-0.25, -0.2) is 4.98 Å². The molecular weight excluding hydrogens is 284 g/mol. The highest BCUT2D eigenvalue weighted by molar-refractivity contribution is 5.53. The molecule has 0 unspecified atom stereocenters. The van der Waals surface area contributed by atoms with Gasteiger partial charge in [-0.2, -0.15) is 5.26 Å². The second-order valence-corrected chi connectivity index (χ2v) is 4.24. The minimum Gasteiger partial charge on any atom is -0.493 e. The number of nitriles is 1. The van der Waals surface area contributed by atoms with Crippen molar-refractivity contribution in [3.05, 3.63) is 41.6 Å². The smallest absolute Gasteiger partial charge is 0.214 e. The Kier molecular flexibility index (Phi) is 5.04. The molecule has 0 amide bonds. The molecule has 1 radical (unpaired) electrons. The van der Waals surface area contributed by atoms with Crippen LogP contribution in [0.2, 0.25) is 0 Å². The summed E-state index contributed by atoms with van der Waals surface area (Å²) < 4.78 is 21.4. The molecule has 0 bridgehead atoms. The third kappa shape index (κ3) is 3.38. The number of aromatic nitrogens is 1. The Morgan fingerprint density at radius 1 is 1.09 bits per heavy atom. The van der Waals surface area contributed by atoms with Crippen LogP contribution < -0.4 is 18.9 Å². The average Bonchev–Trinajstić information content (AvgIpc) is 2.59. The lowest BCUT2D eigenvalue weighted by atomic mass is 10.2. The largest absolute Gasteiger partial charge is 0.493 e. The van der Waals surface area contributed by atoms with Gasteiger partial charge in [-0.1, -0.05) is 0 Å². The summed E-state index contributed by atoms with van der Waals surface area (Å²) in [5.74, 6) is 2.02. The predicted molar refractivity (Wildman–Crippen MR) is 78.2 cm³/mol. The molecule has 0 fully saturated rings. The van der Waals surface area contributed by atoms with E-state index in [1.54, 1.807) is 45.6 Å². The zero-order valence-corrected chi connectivity index (χ0v) is 12.5. The van der Waals surface area contributed by atoms with Crippen molar-refractivity contribution in [2.45, 2.75) is 6.61 Å². The number of hydrogen-bond acceptors (Lipinski definition) is 6. The van der Waals surface area contributed by atoms with Gasteiger partial charge in [0.05, 0.1) is 26.9 Å². The monoisotopic (exact) mass is 299 g/mol. The highest BCUT2D eigenvalue weighted by atomic mass is 16.5. The molecule has 0 atom stereocenters. The van der Waals surface area contributed by atoms with E-state index in [1.807, 2.05) is 6.07 Å². The molecule has 113 valence electrons. The molecule has 22 heavy (non-hydrogen) atoms. The Bertz CT molecular complexity index is 653. The van der Waals surface area contributed by atoms with Crippen LogP contribution in [0.15, 0.2) is 24.3 Å². The van der Waals surface area contributed by atoms with E-state index >= 15 is 0 Å². The summed E-state index contributed by atoms with van der Waals surface area (Å²) >= 11 is 0. The molecule has 6 heteroatoms. The lowest BCUT2D eigenvalue weighted by Crippen LogP contribution is -2.01. The van der Waals surface area contributed by atoms with E-state index in [-0.39, 0.29) is 6.61 Å². The van der Waals surface area contributed by atoms with Crippen LogP contribution in [-0.4, -0.2) is 26.3 Å². The third-order valence-electron chi connectivity index (χ3n) is 2.91. The number of rotatable bonds is 6. The van der Waals surface area contributed by atoms with Crippen LogP contribution in [0.4, 0.5) is 0 Å². The quantitative estimate of drug-likeness (QED) is 0.815. The van der Waals surface area contributed by atoms with E-state index in [4.69, 9.17) is 24.2 Å². The molecule has 0 aliphatic carbocycles. The number of methoxy groups -OCH3 is 3. The molecule has 0 spiro atoms. The topological polar surface area (TPSA) is 73.6 Å². The number of nitrogens with zero attached hydrogens (tertiary/aromatic N) is 2. The fourth-order valence-corrected chi connectivity index (χ4v) is 1.86. The van der Waals surface area contributed by atoms with Crippen LogP contribution >= 0.6 is 0 Å². The molecule has 0 aliphatic heterocycles. The van der Waals surface area contributed by atoms with Crippen molar-refractivity contribution in [2.75, 3.05) is 21.3 Å². The van der Waals surface area contributed by atoms with Crippen molar-refractivity contribution in [1.29, 1.82) is 5.26 Å². The fraction of sp³-hybridized carbons (Fsp3) is 0.250.